The van der Waals surface area contributed by atoms with E-state index in [1.165, 1.54) is 6.21 Å². The van der Waals surface area contributed by atoms with E-state index in [9.17, 15) is 0 Å². The highest BCUT2D eigenvalue weighted by atomic mass is 16.5. The van der Waals surface area contributed by atoms with Crippen LogP contribution < -0.4 is 4.74 Å². The van der Waals surface area contributed by atoms with Crippen LogP contribution in [0.2, 0.25) is 0 Å². The van der Waals surface area contributed by atoms with Crippen molar-refractivity contribution in [1.29, 1.82) is 5.41 Å². The summed E-state index contributed by atoms with van der Waals surface area (Å²) < 4.78 is 4.89. The van der Waals surface area contributed by atoms with Gasteiger partial charge in [-0.05, 0) is 6.07 Å². The predicted molar refractivity (Wildman–Crippen MR) is 38.7 cm³/mol. The maximum Gasteiger partial charge on any atom is 0.137 e. The molecule has 0 bridgehead atoms. The predicted octanol–water partition coefficient (Wildman–Crippen LogP) is 1.09. The van der Waals surface area contributed by atoms with Gasteiger partial charge in [0, 0.05) is 18.0 Å². The second kappa shape index (κ2) is 2.96. The molecule has 1 rings (SSSR count). The normalized spacial score (nSPS) is 8.90. The van der Waals surface area contributed by atoms with Crippen molar-refractivity contribution >= 4 is 6.21 Å². The van der Waals surface area contributed by atoms with Crippen LogP contribution in [0, 0.1) is 5.41 Å². The van der Waals surface area contributed by atoms with Crippen LogP contribution in [-0.4, -0.2) is 18.3 Å². The van der Waals surface area contributed by atoms with Crippen molar-refractivity contribution in [2.24, 2.45) is 0 Å². The molecule has 0 aliphatic rings. The van der Waals surface area contributed by atoms with Gasteiger partial charge in [-0.3, -0.25) is 4.98 Å². The van der Waals surface area contributed by atoms with Crippen molar-refractivity contribution < 1.29 is 4.74 Å². The molecule has 1 aromatic rings. The Bertz CT molecular complexity index is 235. The minimum Gasteiger partial charge on any atom is -0.495 e. The smallest absolute Gasteiger partial charge is 0.137 e. The molecule has 10 heavy (non-hydrogen) atoms. The summed E-state index contributed by atoms with van der Waals surface area (Å²) in [7, 11) is 1.57. The Hall–Kier alpha value is -1.38. The van der Waals surface area contributed by atoms with Gasteiger partial charge in [0.05, 0.1) is 13.3 Å². The molecule has 1 aromatic heterocycles. The first kappa shape index (κ1) is 6.74. The third-order valence-electron chi connectivity index (χ3n) is 1.14. The van der Waals surface area contributed by atoms with Crippen LogP contribution in [-0.2, 0) is 0 Å². The molecule has 0 radical (unpaired) electrons. The van der Waals surface area contributed by atoms with Gasteiger partial charge in [0.2, 0.25) is 0 Å². The number of nitrogens with one attached hydrogen (secondary N) is 1. The van der Waals surface area contributed by atoms with Crippen molar-refractivity contribution in [3.05, 3.63) is 24.0 Å². The van der Waals surface area contributed by atoms with Gasteiger partial charge in [-0.1, -0.05) is 0 Å². The fraction of sp³-hybridized carbons (Fsp3) is 0.143. The van der Waals surface area contributed by atoms with Gasteiger partial charge >= 0.3 is 0 Å². The Morgan fingerprint density at radius 1 is 1.60 bits per heavy atom. The van der Waals surface area contributed by atoms with Crippen LogP contribution in [0.1, 0.15) is 5.56 Å². The van der Waals surface area contributed by atoms with E-state index in [0.29, 0.717) is 5.75 Å². The SMILES string of the molecule is COc1cncc(C=N)c1. The lowest BCUT2D eigenvalue weighted by Gasteiger charge is -1.97. The molecule has 0 atom stereocenters. The van der Waals surface area contributed by atoms with Crippen molar-refractivity contribution in [3.8, 4) is 5.75 Å². The summed E-state index contributed by atoms with van der Waals surface area (Å²) >= 11 is 0. The van der Waals surface area contributed by atoms with Gasteiger partial charge in [-0.15, -0.1) is 0 Å². The van der Waals surface area contributed by atoms with Crippen LogP contribution in [0.5, 0.6) is 5.75 Å². The topological polar surface area (TPSA) is 46.0 Å². The van der Waals surface area contributed by atoms with E-state index in [2.05, 4.69) is 4.98 Å². The second-order valence-corrected chi connectivity index (χ2v) is 1.80. The Balaban J connectivity index is 2.98. The zero-order valence-corrected chi connectivity index (χ0v) is 5.66. The molecule has 0 aliphatic heterocycles. The molecule has 52 valence electrons. The molecule has 0 fully saturated rings. The molecule has 0 aromatic carbocycles. The highest BCUT2D eigenvalue weighted by Gasteiger charge is 1.90. The number of methoxy groups -OCH3 is 1. The van der Waals surface area contributed by atoms with Crippen LogP contribution in [0.25, 0.3) is 0 Å². The second-order valence-electron chi connectivity index (χ2n) is 1.80. The minimum atomic E-state index is 0.681. The fourth-order valence-electron chi connectivity index (χ4n) is 0.626. The molecule has 0 saturated carbocycles. The van der Waals surface area contributed by atoms with E-state index >= 15 is 0 Å². The maximum atomic E-state index is 6.89. The highest BCUT2D eigenvalue weighted by molar-refractivity contribution is 5.76. The third kappa shape index (κ3) is 1.31. The van der Waals surface area contributed by atoms with Gasteiger partial charge in [-0.2, -0.15) is 0 Å². The summed E-state index contributed by atoms with van der Waals surface area (Å²) in [6, 6.07) is 1.75. The number of pyridine rings is 1. The van der Waals surface area contributed by atoms with Crippen molar-refractivity contribution in [2.45, 2.75) is 0 Å². The summed E-state index contributed by atoms with van der Waals surface area (Å²) in [6.07, 6.45) is 4.44. The molecule has 0 spiro atoms. The van der Waals surface area contributed by atoms with Crippen LogP contribution in [0.3, 0.4) is 0 Å². The van der Waals surface area contributed by atoms with Crippen molar-refractivity contribution in [1.82, 2.24) is 4.98 Å². The van der Waals surface area contributed by atoms with Crippen molar-refractivity contribution in [2.75, 3.05) is 7.11 Å². The van der Waals surface area contributed by atoms with E-state index in [1.807, 2.05) is 0 Å². The minimum absolute atomic E-state index is 0.681. The van der Waals surface area contributed by atoms with Gasteiger partial charge in [0.15, 0.2) is 0 Å². The average molecular weight is 136 g/mol. The van der Waals surface area contributed by atoms with E-state index in [4.69, 9.17) is 10.1 Å². The first-order valence-corrected chi connectivity index (χ1v) is 2.86. The van der Waals surface area contributed by atoms with Crippen LogP contribution in [0.15, 0.2) is 18.5 Å². The lowest BCUT2D eigenvalue weighted by molar-refractivity contribution is 0.413. The lowest BCUT2D eigenvalue weighted by atomic mass is 10.3. The molecule has 3 heteroatoms. The van der Waals surface area contributed by atoms with Crippen molar-refractivity contribution in [3.63, 3.8) is 0 Å². The molecule has 1 N–H and O–H groups in total. The average Bonchev–Trinajstić information content (AvgIpc) is 2.05. The van der Waals surface area contributed by atoms with E-state index in [-0.39, 0.29) is 0 Å². The number of aromatic nitrogens is 1. The quantitative estimate of drug-likeness (QED) is 0.618. The van der Waals surface area contributed by atoms with E-state index in [0.717, 1.165) is 5.56 Å². The highest BCUT2D eigenvalue weighted by Crippen LogP contribution is 2.07. The van der Waals surface area contributed by atoms with Gasteiger partial charge in [0.1, 0.15) is 5.75 Å². The molecular formula is C7H8N2O. The van der Waals surface area contributed by atoms with Crippen LogP contribution >= 0.6 is 0 Å². The van der Waals surface area contributed by atoms with E-state index < -0.39 is 0 Å². The zero-order valence-electron chi connectivity index (χ0n) is 5.66. The molecule has 3 nitrogen and oxygen atoms in total. The summed E-state index contributed by atoms with van der Waals surface area (Å²) in [5.74, 6) is 0.681. The number of ether oxygens (including phenoxy) is 1. The number of hydrogen-bond donors (Lipinski definition) is 1. The lowest BCUT2D eigenvalue weighted by Crippen LogP contribution is -1.86. The van der Waals surface area contributed by atoms with Gasteiger partial charge < -0.3 is 10.1 Å². The zero-order chi connectivity index (χ0) is 7.40. The molecule has 0 saturated heterocycles. The Morgan fingerprint density at radius 2 is 2.40 bits per heavy atom. The summed E-state index contributed by atoms with van der Waals surface area (Å²) in [6.45, 7) is 0. The largest absolute Gasteiger partial charge is 0.495 e. The summed E-state index contributed by atoms with van der Waals surface area (Å²) in [5, 5.41) is 6.89. The van der Waals surface area contributed by atoms with Gasteiger partial charge in [0.25, 0.3) is 0 Å². The number of hydrogen-bond acceptors (Lipinski definition) is 3. The van der Waals surface area contributed by atoms with E-state index in [1.54, 1.807) is 25.6 Å². The first-order valence-electron chi connectivity index (χ1n) is 2.86. The molecule has 1 heterocycles. The first-order chi connectivity index (χ1) is 4.86. The number of nitrogens with zero attached hydrogens (tertiary/aromatic N) is 1. The Kier molecular flexibility index (Phi) is 1.99. The molecule has 0 aliphatic carbocycles. The molecular weight excluding hydrogens is 128 g/mol. The molecule has 0 unspecified atom stereocenters. The summed E-state index contributed by atoms with van der Waals surface area (Å²) in [4.78, 5) is 3.85. The summed E-state index contributed by atoms with van der Waals surface area (Å²) in [5.41, 5.74) is 0.749. The molecule has 0 amide bonds. The fourth-order valence-corrected chi connectivity index (χ4v) is 0.626. The number of rotatable bonds is 2. The Labute approximate surface area is 59.2 Å². The standard InChI is InChI=1S/C7H8N2O/c1-10-7-2-6(3-8)4-9-5-7/h2-5,8H,1H3. The third-order valence-corrected chi connectivity index (χ3v) is 1.14. The maximum absolute atomic E-state index is 6.89. The van der Waals surface area contributed by atoms with Gasteiger partial charge in [-0.25, -0.2) is 0 Å². The van der Waals surface area contributed by atoms with Crippen LogP contribution in [0.4, 0.5) is 0 Å². The monoisotopic (exact) mass is 136 g/mol. The Morgan fingerprint density at radius 3 is 3.00 bits per heavy atom.